The molecule has 88 valence electrons. The van der Waals surface area contributed by atoms with Gasteiger partial charge in [0.25, 0.3) is 0 Å². The van der Waals surface area contributed by atoms with Gasteiger partial charge >= 0.3 is 11.9 Å². The Morgan fingerprint density at radius 2 is 1.87 bits per heavy atom. The standard InChI is InChI=1S/C10H18O4S/c1-3-5-6-10(4-2,9(13)14)15-7-8(11)12/h3-7H2,1-2H3,(H,11,12)(H,13,14). The zero-order chi connectivity index (χ0) is 11.9. The summed E-state index contributed by atoms with van der Waals surface area (Å²) in [7, 11) is 0. The van der Waals surface area contributed by atoms with Gasteiger partial charge < -0.3 is 10.2 Å². The first-order valence-corrected chi connectivity index (χ1v) is 6.06. The first kappa shape index (κ1) is 14.3. The number of aliphatic carboxylic acids is 2. The lowest BCUT2D eigenvalue weighted by molar-refractivity contribution is -0.140. The summed E-state index contributed by atoms with van der Waals surface area (Å²) in [5.74, 6) is -2.01. The topological polar surface area (TPSA) is 74.6 Å². The molecule has 0 bridgehead atoms. The molecule has 0 spiro atoms. The van der Waals surface area contributed by atoms with Gasteiger partial charge in [-0.05, 0) is 12.8 Å². The maximum atomic E-state index is 11.2. The van der Waals surface area contributed by atoms with Crippen molar-refractivity contribution in [3.8, 4) is 0 Å². The van der Waals surface area contributed by atoms with Crippen LogP contribution < -0.4 is 0 Å². The minimum Gasteiger partial charge on any atom is -0.481 e. The van der Waals surface area contributed by atoms with Gasteiger partial charge in [-0.1, -0.05) is 26.7 Å². The van der Waals surface area contributed by atoms with E-state index in [2.05, 4.69) is 0 Å². The van der Waals surface area contributed by atoms with Gasteiger partial charge in [0.2, 0.25) is 0 Å². The van der Waals surface area contributed by atoms with Crippen molar-refractivity contribution < 1.29 is 19.8 Å². The third-order valence-electron chi connectivity index (χ3n) is 2.37. The van der Waals surface area contributed by atoms with E-state index < -0.39 is 16.7 Å². The Hall–Kier alpha value is -0.710. The number of unbranched alkanes of at least 4 members (excludes halogenated alkanes) is 1. The molecule has 0 aliphatic heterocycles. The Labute approximate surface area is 94.1 Å². The maximum absolute atomic E-state index is 11.2. The zero-order valence-electron chi connectivity index (χ0n) is 9.15. The van der Waals surface area contributed by atoms with Crippen molar-refractivity contribution in [3.63, 3.8) is 0 Å². The first-order valence-electron chi connectivity index (χ1n) is 5.07. The monoisotopic (exact) mass is 234 g/mol. The number of hydrogen-bond acceptors (Lipinski definition) is 3. The Balaban J connectivity index is 4.50. The fraction of sp³-hybridized carbons (Fsp3) is 0.800. The van der Waals surface area contributed by atoms with Crippen LogP contribution in [0.2, 0.25) is 0 Å². The van der Waals surface area contributed by atoms with Crippen molar-refractivity contribution in [2.75, 3.05) is 5.75 Å². The van der Waals surface area contributed by atoms with E-state index in [0.29, 0.717) is 12.8 Å². The third-order valence-corrected chi connectivity index (χ3v) is 3.98. The highest BCUT2D eigenvalue weighted by molar-refractivity contribution is 8.02. The normalized spacial score (nSPS) is 14.5. The molecule has 15 heavy (non-hydrogen) atoms. The lowest BCUT2D eigenvalue weighted by Crippen LogP contribution is -2.35. The van der Waals surface area contributed by atoms with E-state index in [1.54, 1.807) is 6.92 Å². The third kappa shape index (κ3) is 4.55. The van der Waals surface area contributed by atoms with Gasteiger partial charge in [0.15, 0.2) is 0 Å². The molecule has 0 amide bonds. The molecule has 0 rings (SSSR count). The number of rotatable bonds is 8. The highest BCUT2D eigenvalue weighted by Crippen LogP contribution is 2.34. The summed E-state index contributed by atoms with van der Waals surface area (Å²) in [6.07, 6.45) is 2.73. The summed E-state index contributed by atoms with van der Waals surface area (Å²) in [6, 6.07) is 0. The average molecular weight is 234 g/mol. The molecule has 4 nitrogen and oxygen atoms in total. The molecule has 0 fully saturated rings. The fourth-order valence-electron chi connectivity index (χ4n) is 1.33. The van der Waals surface area contributed by atoms with Crippen LogP contribution in [0.4, 0.5) is 0 Å². The minimum absolute atomic E-state index is 0.149. The summed E-state index contributed by atoms with van der Waals surface area (Å²) < 4.78 is -0.922. The molecule has 1 unspecified atom stereocenters. The fourth-order valence-corrected chi connectivity index (χ4v) is 2.35. The van der Waals surface area contributed by atoms with Crippen molar-refractivity contribution in [2.24, 2.45) is 0 Å². The first-order chi connectivity index (χ1) is 6.98. The van der Waals surface area contributed by atoms with E-state index in [-0.39, 0.29) is 5.75 Å². The number of thioether (sulfide) groups is 1. The summed E-state index contributed by atoms with van der Waals surface area (Å²) in [6.45, 7) is 3.78. The highest BCUT2D eigenvalue weighted by atomic mass is 32.2. The maximum Gasteiger partial charge on any atom is 0.319 e. The van der Waals surface area contributed by atoms with Gasteiger partial charge in [0, 0.05) is 0 Å². The van der Waals surface area contributed by atoms with E-state index in [1.807, 2.05) is 6.92 Å². The van der Waals surface area contributed by atoms with Crippen molar-refractivity contribution in [2.45, 2.75) is 44.3 Å². The minimum atomic E-state index is -0.962. The van der Waals surface area contributed by atoms with E-state index >= 15 is 0 Å². The second-order valence-electron chi connectivity index (χ2n) is 3.44. The Kier molecular flexibility index (Phi) is 6.40. The van der Waals surface area contributed by atoms with Crippen molar-refractivity contribution in [3.05, 3.63) is 0 Å². The highest BCUT2D eigenvalue weighted by Gasteiger charge is 2.37. The van der Waals surface area contributed by atoms with Crippen molar-refractivity contribution in [1.82, 2.24) is 0 Å². The number of carbonyl (C=O) groups is 2. The summed E-state index contributed by atoms with van der Waals surface area (Å²) in [4.78, 5) is 21.6. The largest absolute Gasteiger partial charge is 0.481 e. The quantitative estimate of drug-likeness (QED) is 0.673. The molecule has 0 heterocycles. The Morgan fingerprint density at radius 3 is 2.20 bits per heavy atom. The second kappa shape index (κ2) is 6.71. The predicted molar refractivity (Wildman–Crippen MR) is 60.3 cm³/mol. The average Bonchev–Trinajstić information content (AvgIpc) is 2.18. The smallest absolute Gasteiger partial charge is 0.319 e. The molecule has 0 aromatic heterocycles. The lowest BCUT2D eigenvalue weighted by Gasteiger charge is -2.26. The Bertz CT molecular complexity index is 229. The second-order valence-corrected chi connectivity index (χ2v) is 4.80. The van der Waals surface area contributed by atoms with Gasteiger partial charge in [-0.15, -0.1) is 11.8 Å². The molecule has 0 aromatic rings. The van der Waals surface area contributed by atoms with Gasteiger partial charge in [0.05, 0.1) is 5.75 Å². The summed E-state index contributed by atoms with van der Waals surface area (Å²) in [5, 5.41) is 17.7. The van der Waals surface area contributed by atoms with E-state index in [0.717, 1.165) is 24.6 Å². The predicted octanol–water partition coefficient (Wildman–Crippen LogP) is 2.23. The van der Waals surface area contributed by atoms with Crippen LogP contribution in [0.25, 0.3) is 0 Å². The molecule has 0 aliphatic carbocycles. The van der Waals surface area contributed by atoms with Gasteiger partial charge in [-0.3, -0.25) is 9.59 Å². The van der Waals surface area contributed by atoms with Crippen molar-refractivity contribution >= 4 is 23.7 Å². The zero-order valence-corrected chi connectivity index (χ0v) is 9.97. The summed E-state index contributed by atoms with van der Waals surface area (Å²) >= 11 is 1.03. The van der Waals surface area contributed by atoms with Crippen LogP contribution in [0.1, 0.15) is 39.5 Å². The molecule has 0 aromatic carbocycles. The van der Waals surface area contributed by atoms with Crippen LogP contribution in [-0.4, -0.2) is 32.7 Å². The van der Waals surface area contributed by atoms with Crippen LogP contribution in [0.3, 0.4) is 0 Å². The molecule has 0 radical (unpaired) electrons. The molecule has 1 atom stereocenters. The lowest BCUT2D eigenvalue weighted by atomic mass is 9.98. The molecular weight excluding hydrogens is 216 g/mol. The molecule has 5 heteroatoms. The molecule has 2 N–H and O–H groups in total. The van der Waals surface area contributed by atoms with Crippen molar-refractivity contribution in [1.29, 1.82) is 0 Å². The van der Waals surface area contributed by atoms with Crippen LogP contribution in [0.15, 0.2) is 0 Å². The van der Waals surface area contributed by atoms with Crippen LogP contribution in [0.5, 0.6) is 0 Å². The Morgan fingerprint density at radius 1 is 1.27 bits per heavy atom. The molecular formula is C10H18O4S. The van der Waals surface area contributed by atoms with Crippen LogP contribution in [-0.2, 0) is 9.59 Å². The molecule has 0 aliphatic rings. The SMILES string of the molecule is CCCCC(CC)(SCC(=O)O)C(=O)O. The number of hydrogen-bond donors (Lipinski definition) is 2. The van der Waals surface area contributed by atoms with Crippen LogP contribution in [0, 0.1) is 0 Å². The molecule has 0 saturated heterocycles. The van der Waals surface area contributed by atoms with E-state index in [4.69, 9.17) is 10.2 Å². The van der Waals surface area contributed by atoms with Gasteiger partial charge in [0.1, 0.15) is 4.75 Å². The van der Waals surface area contributed by atoms with Crippen LogP contribution >= 0.6 is 11.8 Å². The number of carboxylic acid groups (broad SMARTS) is 2. The summed E-state index contributed by atoms with van der Waals surface area (Å²) in [5.41, 5.74) is 0. The van der Waals surface area contributed by atoms with E-state index in [1.165, 1.54) is 0 Å². The van der Waals surface area contributed by atoms with E-state index in [9.17, 15) is 9.59 Å². The van der Waals surface area contributed by atoms with Gasteiger partial charge in [-0.25, -0.2) is 0 Å². The van der Waals surface area contributed by atoms with Gasteiger partial charge in [-0.2, -0.15) is 0 Å². The molecule has 0 saturated carbocycles. The number of carboxylic acids is 2.